The van der Waals surface area contributed by atoms with Gasteiger partial charge in [-0.2, -0.15) is 0 Å². The summed E-state index contributed by atoms with van der Waals surface area (Å²) in [4.78, 5) is 22.8. The van der Waals surface area contributed by atoms with Gasteiger partial charge in [0.2, 0.25) is 0 Å². The first-order valence-electron chi connectivity index (χ1n) is 6.52. The molecule has 1 rings (SSSR count). The molecule has 1 aromatic carbocycles. The molecular weight excluding hydrogens is 276 g/mol. The first-order valence-corrected chi connectivity index (χ1v) is 6.52. The Morgan fingerprint density at radius 3 is 2.14 bits per heavy atom. The fraction of sp³-hybridized carbons (Fsp3) is 0.429. The standard InChI is InChI=1S/C14H20N2O5/c1-4-5-15-14(18)16-13(17)9-21-12-7-10(19-2)6-11(8-12)20-3/h6-8H,4-5,9H2,1-3H3,(H2,15,16,17,18). The summed E-state index contributed by atoms with van der Waals surface area (Å²) in [5, 5.41) is 4.70. The molecule has 0 radical (unpaired) electrons. The fourth-order valence-electron chi connectivity index (χ4n) is 1.46. The first-order chi connectivity index (χ1) is 10.1. The number of rotatable bonds is 7. The van der Waals surface area contributed by atoms with Gasteiger partial charge in [-0.05, 0) is 6.42 Å². The summed E-state index contributed by atoms with van der Waals surface area (Å²) in [7, 11) is 3.03. The van der Waals surface area contributed by atoms with Gasteiger partial charge in [0.15, 0.2) is 6.61 Å². The second kappa shape index (κ2) is 8.68. The van der Waals surface area contributed by atoms with Crippen molar-refractivity contribution in [3.05, 3.63) is 18.2 Å². The number of carbonyl (C=O) groups excluding carboxylic acids is 2. The summed E-state index contributed by atoms with van der Waals surface area (Å²) in [6.07, 6.45) is 0.793. The van der Waals surface area contributed by atoms with E-state index in [4.69, 9.17) is 14.2 Å². The minimum absolute atomic E-state index is 0.282. The zero-order chi connectivity index (χ0) is 15.7. The normalized spacial score (nSPS) is 9.67. The molecule has 0 bridgehead atoms. The zero-order valence-electron chi connectivity index (χ0n) is 12.4. The van der Waals surface area contributed by atoms with E-state index in [0.29, 0.717) is 23.8 Å². The van der Waals surface area contributed by atoms with Crippen LogP contribution in [0.1, 0.15) is 13.3 Å². The SMILES string of the molecule is CCCNC(=O)NC(=O)COc1cc(OC)cc(OC)c1. The Morgan fingerprint density at radius 2 is 1.62 bits per heavy atom. The maximum Gasteiger partial charge on any atom is 0.321 e. The molecule has 3 amide bonds. The van der Waals surface area contributed by atoms with Crippen LogP contribution < -0.4 is 24.8 Å². The highest BCUT2D eigenvalue weighted by atomic mass is 16.5. The summed E-state index contributed by atoms with van der Waals surface area (Å²) in [6, 6.07) is 4.39. The van der Waals surface area contributed by atoms with E-state index < -0.39 is 11.9 Å². The summed E-state index contributed by atoms with van der Waals surface area (Å²) < 4.78 is 15.5. The van der Waals surface area contributed by atoms with Crippen molar-refractivity contribution in [1.82, 2.24) is 10.6 Å². The van der Waals surface area contributed by atoms with Crippen LogP contribution in [0.15, 0.2) is 18.2 Å². The highest BCUT2D eigenvalue weighted by molar-refractivity contribution is 5.94. The molecule has 116 valence electrons. The predicted octanol–water partition coefficient (Wildman–Crippen LogP) is 1.32. The minimum Gasteiger partial charge on any atom is -0.496 e. The van der Waals surface area contributed by atoms with Crippen LogP contribution in [0.25, 0.3) is 0 Å². The topological polar surface area (TPSA) is 85.9 Å². The minimum atomic E-state index is -0.537. The highest BCUT2D eigenvalue weighted by Crippen LogP contribution is 2.27. The van der Waals surface area contributed by atoms with Gasteiger partial charge in [-0.25, -0.2) is 4.79 Å². The molecule has 2 N–H and O–H groups in total. The lowest BCUT2D eigenvalue weighted by Gasteiger charge is -2.10. The monoisotopic (exact) mass is 296 g/mol. The van der Waals surface area contributed by atoms with E-state index in [1.165, 1.54) is 14.2 Å². The molecule has 0 atom stereocenters. The average Bonchev–Trinajstić information content (AvgIpc) is 2.50. The number of ether oxygens (including phenoxy) is 3. The Labute approximate surface area is 123 Å². The molecule has 0 heterocycles. The second-order valence-electron chi connectivity index (χ2n) is 4.14. The molecule has 0 spiro atoms. The molecule has 1 aromatic rings. The summed E-state index contributed by atoms with van der Waals surface area (Å²) >= 11 is 0. The van der Waals surface area contributed by atoms with Gasteiger partial charge in [0.1, 0.15) is 17.2 Å². The Balaban J connectivity index is 2.50. The van der Waals surface area contributed by atoms with Crippen molar-refractivity contribution in [1.29, 1.82) is 0 Å². The number of benzene rings is 1. The van der Waals surface area contributed by atoms with Gasteiger partial charge in [0.25, 0.3) is 5.91 Å². The molecular formula is C14H20N2O5. The fourth-order valence-corrected chi connectivity index (χ4v) is 1.46. The Bertz CT molecular complexity index is 468. The molecule has 7 nitrogen and oxygen atoms in total. The molecule has 21 heavy (non-hydrogen) atoms. The highest BCUT2D eigenvalue weighted by Gasteiger charge is 2.09. The van der Waals surface area contributed by atoms with Crippen molar-refractivity contribution < 1.29 is 23.8 Å². The number of hydrogen-bond donors (Lipinski definition) is 2. The van der Waals surface area contributed by atoms with Crippen molar-refractivity contribution in [2.75, 3.05) is 27.4 Å². The molecule has 0 fully saturated rings. The van der Waals surface area contributed by atoms with Crippen molar-refractivity contribution in [2.45, 2.75) is 13.3 Å². The largest absolute Gasteiger partial charge is 0.496 e. The Hall–Kier alpha value is -2.44. The second-order valence-corrected chi connectivity index (χ2v) is 4.14. The van der Waals surface area contributed by atoms with Crippen LogP contribution in [0.3, 0.4) is 0 Å². The third kappa shape index (κ3) is 6.03. The van der Waals surface area contributed by atoms with Crippen LogP contribution in [0.2, 0.25) is 0 Å². The van der Waals surface area contributed by atoms with E-state index in [9.17, 15) is 9.59 Å². The van der Waals surface area contributed by atoms with Crippen LogP contribution in [-0.4, -0.2) is 39.3 Å². The maximum absolute atomic E-state index is 11.5. The van der Waals surface area contributed by atoms with Crippen LogP contribution in [0.5, 0.6) is 17.2 Å². The van der Waals surface area contributed by atoms with Crippen molar-refractivity contribution >= 4 is 11.9 Å². The summed E-state index contributed by atoms with van der Waals surface area (Å²) in [5.74, 6) is 0.969. The molecule has 7 heteroatoms. The van der Waals surface area contributed by atoms with E-state index in [-0.39, 0.29) is 6.61 Å². The average molecular weight is 296 g/mol. The van der Waals surface area contributed by atoms with Crippen LogP contribution in [-0.2, 0) is 4.79 Å². The molecule has 0 saturated heterocycles. The Kier molecular flexibility index (Phi) is 6.86. The Morgan fingerprint density at radius 1 is 1.05 bits per heavy atom. The van der Waals surface area contributed by atoms with Crippen molar-refractivity contribution in [3.8, 4) is 17.2 Å². The number of hydrogen-bond acceptors (Lipinski definition) is 5. The van der Waals surface area contributed by atoms with E-state index in [2.05, 4.69) is 10.6 Å². The molecule has 0 aliphatic carbocycles. The van der Waals surface area contributed by atoms with Gasteiger partial charge in [-0.15, -0.1) is 0 Å². The lowest BCUT2D eigenvalue weighted by atomic mass is 10.3. The third-order valence-electron chi connectivity index (χ3n) is 2.48. The quantitative estimate of drug-likeness (QED) is 0.792. The smallest absolute Gasteiger partial charge is 0.321 e. The van der Waals surface area contributed by atoms with Crippen LogP contribution in [0, 0.1) is 0 Å². The van der Waals surface area contributed by atoms with E-state index >= 15 is 0 Å². The van der Waals surface area contributed by atoms with Gasteiger partial charge in [-0.1, -0.05) is 6.92 Å². The van der Waals surface area contributed by atoms with Crippen molar-refractivity contribution in [3.63, 3.8) is 0 Å². The molecule has 0 saturated carbocycles. The lowest BCUT2D eigenvalue weighted by molar-refractivity contribution is -0.122. The van der Waals surface area contributed by atoms with Gasteiger partial charge in [0, 0.05) is 24.7 Å². The van der Waals surface area contributed by atoms with Crippen LogP contribution >= 0.6 is 0 Å². The molecule has 0 unspecified atom stereocenters. The molecule has 0 aliphatic rings. The van der Waals surface area contributed by atoms with Crippen molar-refractivity contribution in [2.24, 2.45) is 0 Å². The number of nitrogens with one attached hydrogen (secondary N) is 2. The summed E-state index contributed by atoms with van der Waals surface area (Å²) in [5.41, 5.74) is 0. The molecule has 0 aliphatic heterocycles. The molecule has 0 aromatic heterocycles. The van der Waals surface area contributed by atoms with Gasteiger partial charge >= 0.3 is 6.03 Å². The maximum atomic E-state index is 11.5. The number of imide groups is 1. The number of amides is 3. The van der Waals surface area contributed by atoms with Gasteiger partial charge in [0.05, 0.1) is 14.2 Å². The van der Waals surface area contributed by atoms with Gasteiger partial charge in [-0.3, -0.25) is 10.1 Å². The lowest BCUT2D eigenvalue weighted by Crippen LogP contribution is -2.41. The van der Waals surface area contributed by atoms with Gasteiger partial charge < -0.3 is 19.5 Å². The van der Waals surface area contributed by atoms with E-state index in [1.54, 1.807) is 18.2 Å². The van der Waals surface area contributed by atoms with E-state index in [0.717, 1.165) is 6.42 Å². The summed E-state index contributed by atoms with van der Waals surface area (Å²) in [6.45, 7) is 2.14. The first kappa shape index (κ1) is 16.6. The third-order valence-corrected chi connectivity index (χ3v) is 2.48. The van der Waals surface area contributed by atoms with E-state index in [1.807, 2.05) is 6.92 Å². The zero-order valence-corrected chi connectivity index (χ0v) is 12.4. The van der Waals surface area contributed by atoms with Crippen LogP contribution in [0.4, 0.5) is 4.79 Å². The number of urea groups is 1. The number of methoxy groups -OCH3 is 2. The number of carbonyl (C=O) groups is 2. The predicted molar refractivity (Wildman–Crippen MR) is 76.9 cm³/mol.